The third-order valence-electron chi connectivity index (χ3n) is 4.20. The number of hydrogen-bond acceptors (Lipinski definition) is 3. The highest BCUT2D eigenvalue weighted by Crippen LogP contribution is 2.27. The number of hydrogen-bond donors (Lipinski definition) is 1. The Labute approximate surface area is 170 Å². The van der Waals surface area contributed by atoms with Gasteiger partial charge in [0, 0.05) is 20.4 Å². The Morgan fingerprint density at radius 1 is 1.00 bits per heavy atom. The average Bonchev–Trinajstić information content (AvgIpc) is 3.04. The summed E-state index contributed by atoms with van der Waals surface area (Å²) in [6.07, 6.45) is 0. The van der Waals surface area contributed by atoms with E-state index in [9.17, 15) is 4.79 Å². The summed E-state index contributed by atoms with van der Waals surface area (Å²) in [6.45, 7) is 4.11. The molecule has 1 amide bonds. The monoisotopic (exact) mass is 468 g/mol. The van der Waals surface area contributed by atoms with Crippen LogP contribution in [0.1, 0.15) is 21.5 Å². The molecule has 0 saturated heterocycles. The van der Waals surface area contributed by atoms with E-state index in [-0.39, 0.29) is 5.91 Å². The van der Waals surface area contributed by atoms with Crippen LogP contribution >= 0.6 is 22.6 Å². The molecule has 0 bridgehead atoms. The molecule has 1 heterocycles. The van der Waals surface area contributed by atoms with E-state index in [0.717, 1.165) is 20.3 Å². The largest absolute Gasteiger partial charge is 0.436 e. The maximum atomic E-state index is 12.4. The summed E-state index contributed by atoms with van der Waals surface area (Å²) in [5.74, 6) is 0.434. The molecule has 4 rings (SSSR count). The molecule has 4 aromatic rings. The fraction of sp³-hybridized carbons (Fsp3) is 0.0909. The molecule has 0 atom stereocenters. The third-order valence-corrected chi connectivity index (χ3v) is 4.87. The van der Waals surface area contributed by atoms with Gasteiger partial charge in [-0.1, -0.05) is 23.3 Å². The second kappa shape index (κ2) is 7.15. The first kappa shape index (κ1) is 17.7. The van der Waals surface area contributed by atoms with Gasteiger partial charge in [0.2, 0.25) is 5.89 Å². The van der Waals surface area contributed by atoms with Gasteiger partial charge in [0.05, 0.1) is 0 Å². The van der Waals surface area contributed by atoms with Crippen molar-refractivity contribution in [3.05, 3.63) is 80.9 Å². The Morgan fingerprint density at radius 2 is 1.78 bits per heavy atom. The number of oxazole rings is 1. The van der Waals surface area contributed by atoms with Crippen LogP contribution in [-0.2, 0) is 0 Å². The van der Waals surface area contributed by atoms with Crippen LogP contribution in [0.2, 0.25) is 0 Å². The highest BCUT2D eigenvalue weighted by molar-refractivity contribution is 14.1. The van der Waals surface area contributed by atoms with E-state index >= 15 is 0 Å². The predicted molar refractivity (Wildman–Crippen MR) is 116 cm³/mol. The van der Waals surface area contributed by atoms with Crippen LogP contribution in [0.3, 0.4) is 0 Å². The smallest absolute Gasteiger partial charge is 0.255 e. The van der Waals surface area contributed by atoms with Crippen molar-refractivity contribution >= 4 is 45.3 Å². The number of aromatic nitrogens is 1. The standard InChI is InChI=1S/C22H17IN2O2/c1-13-8-14(2)10-16(9-13)22-25-19-12-18(6-7-20(19)27-22)24-21(26)15-4-3-5-17(23)11-15/h3-12H,1-2H3,(H,24,26). The number of halogens is 1. The molecule has 0 spiro atoms. The second-order valence-corrected chi connectivity index (χ2v) is 7.79. The lowest BCUT2D eigenvalue weighted by Crippen LogP contribution is -2.11. The Morgan fingerprint density at radius 3 is 2.52 bits per heavy atom. The van der Waals surface area contributed by atoms with E-state index in [2.05, 4.69) is 64.9 Å². The van der Waals surface area contributed by atoms with Crippen LogP contribution in [-0.4, -0.2) is 10.9 Å². The summed E-state index contributed by atoms with van der Waals surface area (Å²) in [7, 11) is 0. The van der Waals surface area contributed by atoms with Crippen molar-refractivity contribution in [2.24, 2.45) is 0 Å². The van der Waals surface area contributed by atoms with Crippen molar-refractivity contribution in [2.75, 3.05) is 5.32 Å². The number of carbonyl (C=O) groups is 1. The van der Waals surface area contributed by atoms with Gasteiger partial charge >= 0.3 is 0 Å². The molecular weight excluding hydrogens is 451 g/mol. The molecule has 1 aromatic heterocycles. The van der Waals surface area contributed by atoms with Gasteiger partial charge in [0.15, 0.2) is 5.58 Å². The predicted octanol–water partition coefficient (Wildman–Crippen LogP) is 5.97. The number of nitrogens with zero attached hydrogens (tertiary/aromatic N) is 1. The number of rotatable bonds is 3. The van der Waals surface area contributed by atoms with Gasteiger partial charge in [-0.15, -0.1) is 0 Å². The maximum Gasteiger partial charge on any atom is 0.255 e. The molecule has 0 radical (unpaired) electrons. The molecule has 134 valence electrons. The fourth-order valence-electron chi connectivity index (χ4n) is 3.06. The lowest BCUT2D eigenvalue weighted by atomic mass is 10.1. The van der Waals surface area contributed by atoms with Crippen molar-refractivity contribution < 1.29 is 9.21 Å². The van der Waals surface area contributed by atoms with Crippen molar-refractivity contribution in [3.63, 3.8) is 0 Å². The van der Waals surface area contributed by atoms with E-state index < -0.39 is 0 Å². The van der Waals surface area contributed by atoms with E-state index in [1.165, 1.54) is 0 Å². The summed E-state index contributed by atoms with van der Waals surface area (Å²) in [5.41, 5.74) is 5.99. The van der Waals surface area contributed by atoms with Crippen LogP contribution in [0.4, 0.5) is 5.69 Å². The molecule has 4 nitrogen and oxygen atoms in total. The van der Waals surface area contributed by atoms with E-state index in [1.807, 2.05) is 36.4 Å². The SMILES string of the molecule is Cc1cc(C)cc(-c2nc3cc(NC(=O)c4cccc(I)c4)ccc3o2)c1. The quantitative estimate of drug-likeness (QED) is 0.377. The van der Waals surface area contributed by atoms with Crippen molar-refractivity contribution in [2.45, 2.75) is 13.8 Å². The summed E-state index contributed by atoms with van der Waals surface area (Å²) in [4.78, 5) is 17.0. The van der Waals surface area contributed by atoms with Crippen LogP contribution in [0.15, 0.2) is 65.1 Å². The van der Waals surface area contributed by atoms with Crippen molar-refractivity contribution in [1.82, 2.24) is 4.98 Å². The molecule has 3 aromatic carbocycles. The summed E-state index contributed by atoms with van der Waals surface area (Å²) in [5, 5.41) is 2.92. The van der Waals surface area contributed by atoms with E-state index in [1.54, 1.807) is 6.07 Å². The highest BCUT2D eigenvalue weighted by Gasteiger charge is 2.11. The molecule has 5 heteroatoms. The van der Waals surface area contributed by atoms with Crippen LogP contribution in [0, 0.1) is 17.4 Å². The first-order valence-electron chi connectivity index (χ1n) is 8.54. The lowest BCUT2D eigenvalue weighted by Gasteiger charge is -2.05. The van der Waals surface area contributed by atoms with Crippen molar-refractivity contribution in [3.8, 4) is 11.5 Å². The molecule has 0 unspecified atom stereocenters. The van der Waals surface area contributed by atoms with Gasteiger partial charge in [0.1, 0.15) is 5.52 Å². The number of aryl methyl sites for hydroxylation is 2. The lowest BCUT2D eigenvalue weighted by molar-refractivity contribution is 0.102. The zero-order valence-corrected chi connectivity index (χ0v) is 17.1. The van der Waals surface area contributed by atoms with E-state index in [4.69, 9.17) is 4.42 Å². The Bertz CT molecular complexity index is 1140. The molecular formula is C22H17IN2O2. The number of carbonyl (C=O) groups excluding carboxylic acids is 1. The molecule has 1 N–H and O–H groups in total. The molecule has 0 fully saturated rings. The van der Waals surface area contributed by atoms with Gasteiger partial charge in [-0.25, -0.2) is 4.98 Å². The number of anilines is 1. The summed E-state index contributed by atoms with van der Waals surface area (Å²) < 4.78 is 6.92. The molecule has 0 aliphatic rings. The number of benzene rings is 3. The zero-order valence-electron chi connectivity index (χ0n) is 14.9. The minimum absolute atomic E-state index is 0.147. The molecule has 27 heavy (non-hydrogen) atoms. The minimum atomic E-state index is -0.147. The first-order chi connectivity index (χ1) is 13.0. The average molecular weight is 468 g/mol. The van der Waals surface area contributed by atoms with Gasteiger partial charge in [-0.3, -0.25) is 4.79 Å². The highest BCUT2D eigenvalue weighted by atomic mass is 127. The first-order valence-corrected chi connectivity index (χ1v) is 9.62. The molecule has 0 aliphatic carbocycles. The summed E-state index contributed by atoms with van der Waals surface area (Å²) in [6, 6.07) is 19.2. The number of fused-ring (bicyclic) bond motifs is 1. The fourth-order valence-corrected chi connectivity index (χ4v) is 3.60. The van der Waals surface area contributed by atoms with Gasteiger partial charge in [0.25, 0.3) is 5.91 Å². The topological polar surface area (TPSA) is 55.1 Å². The van der Waals surface area contributed by atoms with E-state index in [0.29, 0.717) is 28.2 Å². The van der Waals surface area contributed by atoms with Gasteiger partial charge < -0.3 is 9.73 Å². The number of amides is 1. The summed E-state index contributed by atoms with van der Waals surface area (Å²) >= 11 is 2.19. The number of nitrogens with one attached hydrogen (secondary N) is 1. The maximum absolute atomic E-state index is 12.4. The van der Waals surface area contributed by atoms with Crippen molar-refractivity contribution in [1.29, 1.82) is 0 Å². The van der Waals surface area contributed by atoms with Crippen LogP contribution < -0.4 is 5.32 Å². The normalized spacial score (nSPS) is 10.9. The zero-order chi connectivity index (χ0) is 19.0. The molecule has 0 aliphatic heterocycles. The van der Waals surface area contributed by atoms with Gasteiger partial charge in [-0.05, 0) is 85.0 Å². The Balaban J connectivity index is 1.63. The van der Waals surface area contributed by atoms with Crippen LogP contribution in [0.25, 0.3) is 22.6 Å². The minimum Gasteiger partial charge on any atom is -0.436 e. The van der Waals surface area contributed by atoms with Crippen LogP contribution in [0.5, 0.6) is 0 Å². The Hall–Kier alpha value is -2.67. The molecule has 0 saturated carbocycles. The third kappa shape index (κ3) is 3.88. The van der Waals surface area contributed by atoms with Gasteiger partial charge in [-0.2, -0.15) is 0 Å². The Kier molecular flexibility index (Phi) is 4.70. The second-order valence-electron chi connectivity index (χ2n) is 6.54.